The van der Waals surface area contributed by atoms with Gasteiger partial charge in [-0.2, -0.15) is 0 Å². The second kappa shape index (κ2) is 5.24. The SMILES string of the molecule is O=C(O)c1ccc(Cl)cc1Oc1ccc(F)cc1F. The average Bonchev–Trinajstić information content (AvgIpc) is 2.32. The fraction of sp³-hybridized carbons (Fsp3) is 0. The lowest BCUT2D eigenvalue weighted by Crippen LogP contribution is -2.00. The number of ether oxygens (including phenoxy) is 1. The van der Waals surface area contributed by atoms with Crippen molar-refractivity contribution in [1.82, 2.24) is 0 Å². The van der Waals surface area contributed by atoms with Crippen molar-refractivity contribution in [2.45, 2.75) is 0 Å². The van der Waals surface area contributed by atoms with Crippen LogP contribution < -0.4 is 4.74 Å². The summed E-state index contributed by atoms with van der Waals surface area (Å²) >= 11 is 5.73. The Morgan fingerprint density at radius 2 is 1.84 bits per heavy atom. The highest BCUT2D eigenvalue weighted by Crippen LogP contribution is 2.30. The molecule has 0 amide bonds. The molecular formula is C13H7ClF2O3. The van der Waals surface area contributed by atoms with E-state index in [-0.39, 0.29) is 22.1 Å². The van der Waals surface area contributed by atoms with Crippen LogP contribution in [0.4, 0.5) is 8.78 Å². The van der Waals surface area contributed by atoms with Crippen LogP contribution in [-0.2, 0) is 0 Å². The normalized spacial score (nSPS) is 10.3. The number of carboxylic acid groups (broad SMARTS) is 1. The fourth-order valence-corrected chi connectivity index (χ4v) is 1.60. The number of aromatic carboxylic acids is 1. The quantitative estimate of drug-likeness (QED) is 0.922. The molecule has 19 heavy (non-hydrogen) atoms. The van der Waals surface area contributed by atoms with E-state index < -0.39 is 17.6 Å². The minimum Gasteiger partial charge on any atom is -0.478 e. The van der Waals surface area contributed by atoms with Gasteiger partial charge in [0.2, 0.25) is 0 Å². The molecule has 0 heterocycles. The predicted octanol–water partition coefficient (Wildman–Crippen LogP) is 4.11. The molecule has 0 bridgehead atoms. The number of carbonyl (C=O) groups is 1. The maximum Gasteiger partial charge on any atom is 0.339 e. The highest BCUT2D eigenvalue weighted by atomic mass is 35.5. The predicted molar refractivity (Wildman–Crippen MR) is 64.8 cm³/mol. The van der Waals surface area contributed by atoms with E-state index in [1.165, 1.54) is 18.2 Å². The van der Waals surface area contributed by atoms with E-state index in [0.29, 0.717) is 6.07 Å². The summed E-state index contributed by atoms with van der Waals surface area (Å²) < 4.78 is 31.3. The first-order chi connectivity index (χ1) is 8.97. The van der Waals surface area contributed by atoms with E-state index >= 15 is 0 Å². The van der Waals surface area contributed by atoms with Crippen molar-refractivity contribution < 1.29 is 23.4 Å². The third-order valence-electron chi connectivity index (χ3n) is 2.29. The van der Waals surface area contributed by atoms with Gasteiger partial charge in [-0.25, -0.2) is 13.6 Å². The van der Waals surface area contributed by atoms with Gasteiger partial charge in [0.15, 0.2) is 11.6 Å². The lowest BCUT2D eigenvalue weighted by Gasteiger charge is -2.09. The molecule has 0 aliphatic heterocycles. The van der Waals surface area contributed by atoms with Gasteiger partial charge in [-0.05, 0) is 24.3 Å². The van der Waals surface area contributed by atoms with Crippen molar-refractivity contribution in [1.29, 1.82) is 0 Å². The zero-order chi connectivity index (χ0) is 14.0. The minimum atomic E-state index is -1.24. The van der Waals surface area contributed by atoms with Gasteiger partial charge >= 0.3 is 5.97 Å². The standard InChI is InChI=1S/C13H7ClF2O3/c14-7-1-3-9(13(17)18)12(5-7)19-11-4-2-8(15)6-10(11)16/h1-6H,(H,17,18). The van der Waals surface area contributed by atoms with Crippen molar-refractivity contribution in [3.8, 4) is 11.5 Å². The van der Waals surface area contributed by atoms with E-state index in [0.717, 1.165) is 12.1 Å². The summed E-state index contributed by atoms with van der Waals surface area (Å²) in [6.45, 7) is 0. The van der Waals surface area contributed by atoms with Crippen molar-refractivity contribution in [3.63, 3.8) is 0 Å². The molecule has 2 aromatic carbocycles. The summed E-state index contributed by atoms with van der Waals surface area (Å²) in [7, 11) is 0. The first kappa shape index (κ1) is 13.3. The summed E-state index contributed by atoms with van der Waals surface area (Å²) in [5, 5.41) is 9.21. The summed E-state index contributed by atoms with van der Waals surface area (Å²) in [6.07, 6.45) is 0. The highest BCUT2D eigenvalue weighted by Gasteiger charge is 2.14. The monoisotopic (exact) mass is 284 g/mol. The Bertz CT molecular complexity index is 644. The first-order valence-corrected chi connectivity index (χ1v) is 5.51. The molecule has 0 atom stereocenters. The van der Waals surface area contributed by atoms with Gasteiger partial charge in [0.1, 0.15) is 17.1 Å². The summed E-state index contributed by atoms with van der Waals surface area (Å²) in [4.78, 5) is 11.0. The number of benzene rings is 2. The lowest BCUT2D eigenvalue weighted by molar-refractivity contribution is 0.0694. The van der Waals surface area contributed by atoms with Gasteiger partial charge < -0.3 is 9.84 Å². The molecule has 0 saturated heterocycles. The van der Waals surface area contributed by atoms with E-state index in [1.807, 2.05) is 0 Å². The van der Waals surface area contributed by atoms with Gasteiger partial charge in [0, 0.05) is 17.2 Å². The lowest BCUT2D eigenvalue weighted by atomic mass is 10.2. The van der Waals surface area contributed by atoms with Crippen LogP contribution in [0.3, 0.4) is 0 Å². The summed E-state index contributed by atoms with van der Waals surface area (Å²) in [6, 6.07) is 6.56. The van der Waals surface area contributed by atoms with Crippen LogP contribution in [-0.4, -0.2) is 11.1 Å². The number of halogens is 3. The van der Waals surface area contributed by atoms with Gasteiger partial charge in [0.25, 0.3) is 0 Å². The molecule has 0 spiro atoms. The number of carboxylic acids is 1. The Kier molecular flexibility index (Phi) is 3.66. The van der Waals surface area contributed by atoms with Crippen molar-refractivity contribution >= 4 is 17.6 Å². The Morgan fingerprint density at radius 1 is 1.11 bits per heavy atom. The van der Waals surface area contributed by atoms with Crippen molar-refractivity contribution in [3.05, 3.63) is 58.6 Å². The highest BCUT2D eigenvalue weighted by molar-refractivity contribution is 6.30. The molecule has 0 radical (unpaired) electrons. The van der Waals surface area contributed by atoms with Gasteiger partial charge in [-0.1, -0.05) is 11.6 Å². The van der Waals surface area contributed by atoms with Crippen molar-refractivity contribution in [2.24, 2.45) is 0 Å². The molecule has 0 aromatic heterocycles. The van der Waals surface area contributed by atoms with Crippen LogP contribution in [0.15, 0.2) is 36.4 Å². The molecule has 0 unspecified atom stereocenters. The van der Waals surface area contributed by atoms with E-state index in [9.17, 15) is 13.6 Å². The van der Waals surface area contributed by atoms with Gasteiger partial charge in [-0.15, -0.1) is 0 Å². The van der Waals surface area contributed by atoms with Crippen LogP contribution in [0.1, 0.15) is 10.4 Å². The molecule has 2 aromatic rings. The van der Waals surface area contributed by atoms with Gasteiger partial charge in [-0.3, -0.25) is 0 Å². The third-order valence-corrected chi connectivity index (χ3v) is 2.52. The van der Waals surface area contributed by atoms with Crippen LogP contribution >= 0.6 is 11.6 Å². The molecule has 3 nitrogen and oxygen atoms in total. The van der Waals surface area contributed by atoms with Crippen molar-refractivity contribution in [2.75, 3.05) is 0 Å². The molecule has 6 heteroatoms. The smallest absolute Gasteiger partial charge is 0.339 e. The number of hydrogen-bond acceptors (Lipinski definition) is 2. The van der Waals surface area contributed by atoms with Crippen LogP contribution in [0.2, 0.25) is 5.02 Å². The zero-order valence-corrected chi connectivity index (χ0v) is 10.1. The molecule has 0 aliphatic carbocycles. The van der Waals surface area contributed by atoms with Crippen LogP contribution in [0.25, 0.3) is 0 Å². The molecule has 0 aliphatic rings. The van der Waals surface area contributed by atoms with Gasteiger partial charge in [0.05, 0.1) is 0 Å². The Labute approximate surface area is 112 Å². The molecule has 2 rings (SSSR count). The number of rotatable bonds is 3. The zero-order valence-electron chi connectivity index (χ0n) is 9.36. The second-order valence-corrected chi connectivity index (χ2v) is 4.06. The largest absolute Gasteiger partial charge is 0.478 e. The van der Waals surface area contributed by atoms with E-state index in [1.54, 1.807) is 0 Å². The summed E-state index contributed by atoms with van der Waals surface area (Å²) in [5.41, 5.74) is -0.173. The number of hydrogen-bond donors (Lipinski definition) is 1. The Balaban J connectivity index is 2.42. The van der Waals surface area contributed by atoms with Crippen LogP contribution in [0, 0.1) is 11.6 Å². The Morgan fingerprint density at radius 3 is 2.47 bits per heavy atom. The Hall–Kier alpha value is -2.14. The molecule has 98 valence electrons. The maximum atomic E-state index is 13.4. The summed E-state index contributed by atoms with van der Waals surface area (Å²) in [5.74, 6) is -3.34. The molecule has 0 fully saturated rings. The molecular weight excluding hydrogens is 278 g/mol. The fourth-order valence-electron chi connectivity index (χ4n) is 1.43. The molecule has 1 N–H and O–H groups in total. The van der Waals surface area contributed by atoms with E-state index in [2.05, 4.69) is 0 Å². The maximum absolute atomic E-state index is 13.4. The topological polar surface area (TPSA) is 46.5 Å². The van der Waals surface area contributed by atoms with Crippen LogP contribution in [0.5, 0.6) is 11.5 Å². The molecule has 0 saturated carbocycles. The average molecular weight is 285 g/mol. The first-order valence-electron chi connectivity index (χ1n) is 5.13. The second-order valence-electron chi connectivity index (χ2n) is 3.62. The minimum absolute atomic E-state index is 0.120. The van der Waals surface area contributed by atoms with E-state index in [4.69, 9.17) is 21.4 Å². The third kappa shape index (κ3) is 3.00.